The van der Waals surface area contributed by atoms with Crippen LogP contribution < -0.4 is 20.9 Å². The van der Waals surface area contributed by atoms with Crippen LogP contribution in [-0.4, -0.2) is 32.1 Å². The Balaban J connectivity index is 1.54. The number of para-hydroxylation sites is 1. The third-order valence-corrected chi connectivity index (χ3v) is 4.12. The predicted molar refractivity (Wildman–Crippen MR) is 111 cm³/mol. The summed E-state index contributed by atoms with van der Waals surface area (Å²) in [6.07, 6.45) is 5.00. The lowest BCUT2D eigenvalue weighted by Crippen LogP contribution is -2.04. The summed E-state index contributed by atoms with van der Waals surface area (Å²) in [5.41, 5.74) is 4.90. The van der Waals surface area contributed by atoms with Gasteiger partial charge in [0, 0.05) is 5.69 Å². The molecule has 0 aliphatic rings. The van der Waals surface area contributed by atoms with E-state index in [-0.39, 0.29) is 0 Å². The molecule has 2 aromatic heterocycles. The molecule has 0 aliphatic heterocycles. The van der Waals surface area contributed by atoms with Gasteiger partial charge in [0.2, 0.25) is 5.95 Å². The van der Waals surface area contributed by atoms with Crippen LogP contribution in [0.4, 0.5) is 28.8 Å². The van der Waals surface area contributed by atoms with Crippen LogP contribution in [0.3, 0.4) is 0 Å². The van der Waals surface area contributed by atoms with E-state index in [1.165, 1.54) is 6.20 Å². The molecule has 0 saturated heterocycles. The summed E-state index contributed by atoms with van der Waals surface area (Å²) < 4.78 is 6.91. The minimum Gasteiger partial charge on any atom is -0.497 e. The lowest BCUT2D eigenvalue weighted by molar-refractivity contribution is 0.389. The highest BCUT2D eigenvalue weighted by molar-refractivity contribution is 5.71. The smallest absolute Gasteiger partial charge is 0.229 e. The molecular weight excluding hydrogens is 370 g/mol. The van der Waals surface area contributed by atoms with Crippen LogP contribution in [0.1, 0.15) is 0 Å². The van der Waals surface area contributed by atoms with Crippen molar-refractivity contribution in [2.24, 2.45) is 0 Å². The Bertz CT molecular complexity index is 1080. The lowest BCUT2D eigenvalue weighted by atomic mass is 10.3. The van der Waals surface area contributed by atoms with Crippen molar-refractivity contribution in [2.75, 3.05) is 23.2 Å². The third-order valence-electron chi connectivity index (χ3n) is 4.12. The Morgan fingerprint density at radius 2 is 1.72 bits per heavy atom. The zero-order chi connectivity index (χ0) is 20.1. The fourth-order valence-corrected chi connectivity index (χ4v) is 2.67. The van der Waals surface area contributed by atoms with Crippen LogP contribution in [0.2, 0.25) is 0 Å². The summed E-state index contributed by atoms with van der Waals surface area (Å²) in [6, 6.07) is 17.1. The largest absolute Gasteiger partial charge is 0.497 e. The number of anilines is 5. The van der Waals surface area contributed by atoms with Crippen LogP contribution >= 0.6 is 0 Å². The summed E-state index contributed by atoms with van der Waals surface area (Å²) in [5.74, 6) is 1.51. The highest BCUT2D eigenvalue weighted by Crippen LogP contribution is 2.26. The SMILES string of the molecule is COc1ccc(Nc2nc(Nc3cnn(-c4ccccc4)c3)ncc2NO)cc1. The van der Waals surface area contributed by atoms with E-state index in [9.17, 15) is 5.21 Å². The molecule has 0 unspecified atom stereocenters. The van der Waals surface area contributed by atoms with E-state index >= 15 is 0 Å². The number of hydrogen-bond acceptors (Lipinski definition) is 8. The molecule has 0 bridgehead atoms. The van der Waals surface area contributed by atoms with E-state index in [0.29, 0.717) is 17.5 Å². The van der Waals surface area contributed by atoms with E-state index in [1.54, 1.807) is 18.0 Å². The van der Waals surface area contributed by atoms with Gasteiger partial charge in [0.25, 0.3) is 0 Å². The molecule has 2 aromatic carbocycles. The Hall–Kier alpha value is -4.11. The highest BCUT2D eigenvalue weighted by atomic mass is 16.5. The van der Waals surface area contributed by atoms with Gasteiger partial charge in [0.05, 0.1) is 37.1 Å². The first-order chi connectivity index (χ1) is 14.2. The van der Waals surface area contributed by atoms with Gasteiger partial charge in [-0.2, -0.15) is 10.1 Å². The molecule has 0 radical (unpaired) electrons. The number of methoxy groups -OCH3 is 1. The number of aromatic nitrogens is 4. The monoisotopic (exact) mass is 389 g/mol. The number of benzene rings is 2. The van der Waals surface area contributed by atoms with Crippen molar-refractivity contribution < 1.29 is 9.94 Å². The van der Waals surface area contributed by atoms with Crippen LogP contribution in [-0.2, 0) is 0 Å². The minimum absolute atomic E-state index is 0.339. The molecule has 0 aliphatic carbocycles. The van der Waals surface area contributed by atoms with Gasteiger partial charge < -0.3 is 15.4 Å². The average Bonchev–Trinajstić information content (AvgIpc) is 3.24. The van der Waals surface area contributed by atoms with Crippen molar-refractivity contribution in [3.8, 4) is 11.4 Å². The molecule has 0 spiro atoms. The van der Waals surface area contributed by atoms with Gasteiger partial charge in [-0.15, -0.1) is 0 Å². The first-order valence-electron chi connectivity index (χ1n) is 8.80. The van der Waals surface area contributed by atoms with Crippen LogP contribution in [0, 0.1) is 0 Å². The molecular formula is C20H19N7O2. The summed E-state index contributed by atoms with van der Waals surface area (Å²) in [7, 11) is 1.61. The fraction of sp³-hybridized carbons (Fsp3) is 0.0500. The second-order valence-electron chi connectivity index (χ2n) is 6.06. The molecule has 9 heteroatoms. The van der Waals surface area contributed by atoms with Crippen molar-refractivity contribution in [3.63, 3.8) is 0 Å². The van der Waals surface area contributed by atoms with Crippen molar-refractivity contribution in [2.45, 2.75) is 0 Å². The van der Waals surface area contributed by atoms with E-state index in [4.69, 9.17) is 4.74 Å². The molecule has 4 aromatic rings. The Labute approximate surface area is 167 Å². The van der Waals surface area contributed by atoms with Gasteiger partial charge in [-0.25, -0.2) is 9.67 Å². The Morgan fingerprint density at radius 3 is 2.45 bits per heavy atom. The number of nitrogens with one attached hydrogen (secondary N) is 3. The number of hydrogen-bond donors (Lipinski definition) is 4. The molecule has 29 heavy (non-hydrogen) atoms. The molecule has 9 nitrogen and oxygen atoms in total. The van der Waals surface area contributed by atoms with E-state index in [0.717, 1.165) is 22.8 Å². The standard InChI is InChI=1S/C20H19N7O2/c1-29-17-9-7-14(8-10-17)23-19-18(26-28)12-21-20(25-19)24-15-11-22-27(13-15)16-5-3-2-4-6-16/h2-13,26,28H,1H3,(H2,21,23,24,25). The molecule has 0 fully saturated rings. The normalized spacial score (nSPS) is 10.4. The number of ether oxygens (including phenoxy) is 1. The molecule has 2 heterocycles. The molecule has 0 amide bonds. The third kappa shape index (κ3) is 4.25. The van der Waals surface area contributed by atoms with E-state index in [1.807, 2.05) is 60.8 Å². The molecule has 146 valence electrons. The van der Waals surface area contributed by atoms with Crippen LogP contribution in [0.25, 0.3) is 5.69 Å². The summed E-state index contributed by atoms with van der Waals surface area (Å²) in [6.45, 7) is 0. The first kappa shape index (κ1) is 18.3. The van der Waals surface area contributed by atoms with E-state index in [2.05, 4.69) is 31.2 Å². The molecule has 4 N–H and O–H groups in total. The van der Waals surface area contributed by atoms with Gasteiger partial charge >= 0.3 is 0 Å². The maximum absolute atomic E-state index is 9.36. The van der Waals surface area contributed by atoms with Gasteiger partial charge in [-0.3, -0.25) is 10.7 Å². The predicted octanol–water partition coefficient (Wildman–Crippen LogP) is 3.96. The highest BCUT2D eigenvalue weighted by Gasteiger charge is 2.09. The second-order valence-corrected chi connectivity index (χ2v) is 6.06. The zero-order valence-electron chi connectivity index (χ0n) is 15.6. The first-order valence-corrected chi connectivity index (χ1v) is 8.80. The maximum atomic E-state index is 9.36. The van der Waals surface area contributed by atoms with Crippen molar-refractivity contribution >= 4 is 28.8 Å². The lowest BCUT2D eigenvalue weighted by Gasteiger charge is -2.12. The van der Waals surface area contributed by atoms with Gasteiger partial charge in [0.1, 0.15) is 11.4 Å². The molecule has 0 atom stereocenters. The second kappa shape index (κ2) is 8.28. The van der Waals surface area contributed by atoms with E-state index < -0.39 is 0 Å². The molecule has 0 saturated carbocycles. The quantitative estimate of drug-likeness (QED) is 0.352. The van der Waals surface area contributed by atoms with Crippen LogP contribution in [0.15, 0.2) is 73.2 Å². The Kier molecular flexibility index (Phi) is 5.21. The maximum Gasteiger partial charge on any atom is 0.229 e. The Morgan fingerprint density at radius 1 is 0.931 bits per heavy atom. The van der Waals surface area contributed by atoms with Gasteiger partial charge in [-0.1, -0.05) is 18.2 Å². The number of rotatable bonds is 7. The summed E-state index contributed by atoms with van der Waals surface area (Å²) in [5, 5.41) is 20.0. The van der Waals surface area contributed by atoms with Crippen molar-refractivity contribution in [1.29, 1.82) is 0 Å². The van der Waals surface area contributed by atoms with Crippen molar-refractivity contribution in [1.82, 2.24) is 19.7 Å². The van der Waals surface area contributed by atoms with Gasteiger partial charge in [0.15, 0.2) is 5.82 Å². The average molecular weight is 389 g/mol. The van der Waals surface area contributed by atoms with Crippen molar-refractivity contribution in [3.05, 3.63) is 73.2 Å². The summed E-state index contributed by atoms with van der Waals surface area (Å²) >= 11 is 0. The topological polar surface area (TPSA) is 109 Å². The van der Waals surface area contributed by atoms with Crippen LogP contribution in [0.5, 0.6) is 5.75 Å². The number of nitrogens with zero attached hydrogens (tertiary/aromatic N) is 4. The minimum atomic E-state index is 0.339. The molecule has 4 rings (SSSR count). The van der Waals surface area contributed by atoms with Gasteiger partial charge in [-0.05, 0) is 36.4 Å². The zero-order valence-corrected chi connectivity index (χ0v) is 15.6. The summed E-state index contributed by atoms with van der Waals surface area (Å²) in [4.78, 5) is 8.65. The fourth-order valence-electron chi connectivity index (χ4n) is 2.67.